The summed E-state index contributed by atoms with van der Waals surface area (Å²) in [5.74, 6) is 3.53. The van der Waals surface area contributed by atoms with E-state index in [2.05, 4.69) is 42.9 Å². The lowest BCUT2D eigenvalue weighted by atomic mass is 10.2. The number of imidazole rings is 2. The number of aryl methyl sites for hydroxylation is 1. The number of pyridine rings is 2. The van der Waals surface area contributed by atoms with Gasteiger partial charge in [-0.25, -0.2) is 9.97 Å². The Bertz CT molecular complexity index is 1760. The van der Waals surface area contributed by atoms with Crippen molar-refractivity contribution in [3.8, 4) is 40.3 Å². The van der Waals surface area contributed by atoms with Crippen LogP contribution in [-0.4, -0.2) is 63.4 Å². The summed E-state index contributed by atoms with van der Waals surface area (Å²) in [5.41, 5.74) is 6.20. The summed E-state index contributed by atoms with van der Waals surface area (Å²) in [4.78, 5) is 24.7. The predicted octanol–water partition coefficient (Wildman–Crippen LogP) is 5.35. The molecule has 4 heterocycles. The molecule has 0 saturated carbocycles. The molecule has 0 amide bonds. The first-order chi connectivity index (χ1) is 19.6. The van der Waals surface area contributed by atoms with Crippen molar-refractivity contribution in [3.63, 3.8) is 0 Å². The third kappa shape index (κ3) is 5.71. The molecule has 2 N–H and O–H groups in total. The van der Waals surface area contributed by atoms with E-state index < -0.39 is 0 Å². The molecule has 202 valence electrons. The molecule has 2 aromatic carbocycles. The zero-order chi connectivity index (χ0) is 27.3. The molecule has 10 heteroatoms. The monoisotopic (exact) mass is 536 g/mol. The van der Waals surface area contributed by atoms with Crippen molar-refractivity contribution in [3.05, 3.63) is 78.6 Å². The molecule has 0 aliphatic heterocycles. The summed E-state index contributed by atoms with van der Waals surface area (Å²) in [7, 11) is 1.64. The smallest absolute Gasteiger partial charge is 0.157 e. The Morgan fingerprint density at radius 3 is 1.80 bits per heavy atom. The number of rotatable bonds is 11. The number of ether oxygens (including phenoxy) is 4. The number of methoxy groups -OCH3 is 1. The lowest BCUT2D eigenvalue weighted by Crippen LogP contribution is -2.12. The number of fused-ring (bicyclic) bond motifs is 2. The molecule has 4 aromatic heterocycles. The van der Waals surface area contributed by atoms with Gasteiger partial charge in [0.2, 0.25) is 0 Å². The number of hydrogen-bond acceptors (Lipinski definition) is 8. The number of aromatic amines is 2. The summed E-state index contributed by atoms with van der Waals surface area (Å²) in [6, 6.07) is 19.1. The van der Waals surface area contributed by atoms with Gasteiger partial charge in [0.05, 0.1) is 42.4 Å². The van der Waals surface area contributed by atoms with Gasteiger partial charge in [0.1, 0.15) is 41.9 Å². The normalized spacial score (nSPS) is 11.2. The summed E-state index contributed by atoms with van der Waals surface area (Å²) < 4.78 is 22.7. The van der Waals surface area contributed by atoms with Crippen LogP contribution in [-0.2, 0) is 4.74 Å². The van der Waals surface area contributed by atoms with Crippen molar-refractivity contribution in [1.29, 1.82) is 0 Å². The van der Waals surface area contributed by atoms with E-state index in [1.807, 2.05) is 54.6 Å². The van der Waals surface area contributed by atoms with Crippen molar-refractivity contribution in [2.75, 3.05) is 33.5 Å². The Kier molecular flexibility index (Phi) is 7.23. The maximum atomic E-state index is 5.86. The highest BCUT2D eigenvalue weighted by atomic mass is 16.5. The van der Waals surface area contributed by atoms with E-state index in [1.54, 1.807) is 19.5 Å². The molecule has 0 aliphatic rings. The third-order valence-electron chi connectivity index (χ3n) is 6.27. The largest absolute Gasteiger partial charge is 0.497 e. The lowest BCUT2D eigenvalue weighted by Gasteiger charge is -2.09. The van der Waals surface area contributed by atoms with Crippen LogP contribution in [0.15, 0.2) is 73.1 Å². The van der Waals surface area contributed by atoms with Crippen molar-refractivity contribution in [2.45, 2.75) is 6.92 Å². The second kappa shape index (κ2) is 11.4. The fourth-order valence-electron chi connectivity index (χ4n) is 4.28. The third-order valence-corrected chi connectivity index (χ3v) is 6.27. The minimum atomic E-state index is 0.395. The van der Waals surface area contributed by atoms with Gasteiger partial charge in [0, 0.05) is 30.6 Å². The van der Waals surface area contributed by atoms with Crippen LogP contribution in [0, 0.1) is 6.92 Å². The average Bonchev–Trinajstić information content (AvgIpc) is 3.61. The number of benzene rings is 2. The van der Waals surface area contributed by atoms with Crippen molar-refractivity contribution in [2.24, 2.45) is 0 Å². The SMILES string of the molecule is COc1ccc2nc(-c3cc(OCCOCCOc4ccnc(-c5nc6ccc(C)cc6[nH]5)c4)ccn3)[nH]c2c1. The highest BCUT2D eigenvalue weighted by Gasteiger charge is 2.10. The number of nitrogens with one attached hydrogen (secondary N) is 2. The maximum Gasteiger partial charge on any atom is 0.157 e. The first-order valence-electron chi connectivity index (χ1n) is 12.9. The van der Waals surface area contributed by atoms with Gasteiger partial charge >= 0.3 is 0 Å². The molecular formula is C30H28N6O4. The highest BCUT2D eigenvalue weighted by Crippen LogP contribution is 2.25. The van der Waals surface area contributed by atoms with Gasteiger partial charge in [0.25, 0.3) is 0 Å². The van der Waals surface area contributed by atoms with E-state index in [1.165, 1.54) is 5.56 Å². The van der Waals surface area contributed by atoms with Gasteiger partial charge in [-0.05, 0) is 48.9 Å². The first-order valence-corrected chi connectivity index (χ1v) is 12.9. The number of aromatic nitrogens is 6. The summed E-state index contributed by atoms with van der Waals surface area (Å²) in [6.07, 6.45) is 3.41. The van der Waals surface area contributed by atoms with Crippen LogP contribution in [0.3, 0.4) is 0 Å². The van der Waals surface area contributed by atoms with Gasteiger partial charge in [-0.3, -0.25) is 9.97 Å². The van der Waals surface area contributed by atoms with Crippen molar-refractivity contribution in [1.82, 2.24) is 29.9 Å². The average molecular weight is 537 g/mol. The van der Waals surface area contributed by atoms with E-state index in [4.69, 9.17) is 18.9 Å². The van der Waals surface area contributed by atoms with Gasteiger partial charge < -0.3 is 28.9 Å². The Morgan fingerprint density at radius 2 is 1.20 bits per heavy atom. The highest BCUT2D eigenvalue weighted by molar-refractivity contribution is 5.80. The van der Waals surface area contributed by atoms with Crippen LogP contribution < -0.4 is 14.2 Å². The molecule has 0 fully saturated rings. The molecule has 40 heavy (non-hydrogen) atoms. The molecule has 0 aliphatic carbocycles. The topological polar surface area (TPSA) is 120 Å². The minimum Gasteiger partial charge on any atom is -0.497 e. The molecule has 0 saturated heterocycles. The molecule has 0 unspecified atom stereocenters. The molecule has 0 bridgehead atoms. The second-order valence-corrected chi connectivity index (χ2v) is 9.14. The Hall–Kier alpha value is -4.96. The first kappa shape index (κ1) is 25.3. The minimum absolute atomic E-state index is 0.395. The van der Waals surface area contributed by atoms with Gasteiger partial charge in [-0.1, -0.05) is 6.07 Å². The van der Waals surface area contributed by atoms with Crippen LogP contribution in [0.25, 0.3) is 45.1 Å². The van der Waals surface area contributed by atoms with E-state index in [0.29, 0.717) is 55.3 Å². The Morgan fingerprint density at radius 1 is 0.625 bits per heavy atom. The Balaban J connectivity index is 0.961. The molecular weight excluding hydrogens is 508 g/mol. The quantitative estimate of drug-likeness (QED) is 0.213. The second-order valence-electron chi connectivity index (χ2n) is 9.14. The Labute approximate surface area is 230 Å². The predicted molar refractivity (Wildman–Crippen MR) is 152 cm³/mol. The van der Waals surface area contributed by atoms with Crippen LogP contribution in [0.5, 0.6) is 17.2 Å². The molecule has 6 aromatic rings. The van der Waals surface area contributed by atoms with Crippen LogP contribution in [0.2, 0.25) is 0 Å². The fraction of sp³-hybridized carbons (Fsp3) is 0.200. The van der Waals surface area contributed by atoms with Gasteiger partial charge in [-0.15, -0.1) is 0 Å². The number of hydrogen-bond donors (Lipinski definition) is 2. The van der Waals surface area contributed by atoms with Crippen LogP contribution >= 0.6 is 0 Å². The molecule has 0 atom stereocenters. The van der Waals surface area contributed by atoms with Crippen molar-refractivity contribution >= 4 is 22.1 Å². The number of nitrogens with zero attached hydrogens (tertiary/aromatic N) is 4. The van der Waals surface area contributed by atoms with Gasteiger partial charge in [-0.2, -0.15) is 0 Å². The van der Waals surface area contributed by atoms with E-state index in [-0.39, 0.29) is 0 Å². The van der Waals surface area contributed by atoms with E-state index >= 15 is 0 Å². The molecule has 10 nitrogen and oxygen atoms in total. The summed E-state index contributed by atoms with van der Waals surface area (Å²) in [5, 5.41) is 0. The van der Waals surface area contributed by atoms with Crippen LogP contribution in [0.1, 0.15) is 5.56 Å². The van der Waals surface area contributed by atoms with Crippen LogP contribution in [0.4, 0.5) is 0 Å². The van der Waals surface area contributed by atoms with Gasteiger partial charge in [0.15, 0.2) is 11.6 Å². The number of H-pyrrole nitrogens is 2. The molecule has 0 radical (unpaired) electrons. The molecule has 0 spiro atoms. The zero-order valence-corrected chi connectivity index (χ0v) is 22.2. The maximum absolute atomic E-state index is 5.86. The molecule has 6 rings (SSSR count). The lowest BCUT2D eigenvalue weighted by molar-refractivity contribution is 0.0764. The zero-order valence-electron chi connectivity index (χ0n) is 22.2. The summed E-state index contributed by atoms with van der Waals surface area (Å²) >= 11 is 0. The van der Waals surface area contributed by atoms with Crippen molar-refractivity contribution < 1.29 is 18.9 Å². The van der Waals surface area contributed by atoms with E-state index in [9.17, 15) is 0 Å². The van der Waals surface area contributed by atoms with E-state index in [0.717, 1.165) is 33.5 Å². The standard InChI is InChI=1S/C30H28N6O4/c1-19-3-5-23-25(15-19)35-29(33-23)27-17-21(7-9-31-27)39-13-11-38-12-14-40-22-8-10-32-28(18-22)30-34-24-6-4-20(37-2)16-26(24)36-30/h3-10,15-18H,11-14H2,1-2H3,(H,33,35)(H,34,36). The fourth-order valence-corrected chi connectivity index (χ4v) is 4.28. The summed E-state index contributed by atoms with van der Waals surface area (Å²) in [6.45, 7) is 3.70.